The quantitative estimate of drug-likeness (QED) is 0.839. The second-order valence-electron chi connectivity index (χ2n) is 7.84. The van der Waals surface area contributed by atoms with E-state index in [0.29, 0.717) is 35.6 Å². The molecule has 1 fully saturated rings. The van der Waals surface area contributed by atoms with Crippen molar-refractivity contribution in [3.05, 3.63) is 0 Å². The van der Waals surface area contributed by atoms with Crippen LogP contribution in [-0.4, -0.2) is 36.5 Å². The van der Waals surface area contributed by atoms with Gasteiger partial charge in [0.25, 0.3) is 0 Å². The van der Waals surface area contributed by atoms with Crippen molar-refractivity contribution in [2.45, 2.75) is 66.8 Å². The van der Waals surface area contributed by atoms with Gasteiger partial charge in [0.05, 0.1) is 0 Å². The molecule has 0 aromatic carbocycles. The van der Waals surface area contributed by atoms with Crippen LogP contribution in [-0.2, 0) is 4.79 Å². The highest BCUT2D eigenvalue weighted by Crippen LogP contribution is 2.27. The zero-order valence-corrected chi connectivity index (χ0v) is 14.3. The van der Waals surface area contributed by atoms with E-state index >= 15 is 0 Å². The van der Waals surface area contributed by atoms with Crippen LogP contribution in [0.1, 0.15) is 60.8 Å². The first-order chi connectivity index (χ1) is 9.23. The highest BCUT2D eigenvalue weighted by Gasteiger charge is 2.29. The molecule has 1 heterocycles. The van der Waals surface area contributed by atoms with Crippen molar-refractivity contribution in [1.82, 2.24) is 10.2 Å². The van der Waals surface area contributed by atoms with E-state index in [-0.39, 0.29) is 0 Å². The minimum atomic E-state index is 0.311. The third-order valence-electron chi connectivity index (χ3n) is 4.21. The molecule has 0 aliphatic carbocycles. The lowest BCUT2D eigenvalue weighted by Crippen LogP contribution is -2.50. The van der Waals surface area contributed by atoms with Gasteiger partial charge in [-0.05, 0) is 36.6 Å². The molecule has 1 N–H and O–H groups in total. The smallest absolute Gasteiger partial charge is 0.222 e. The van der Waals surface area contributed by atoms with Crippen molar-refractivity contribution in [3.63, 3.8) is 0 Å². The molecule has 20 heavy (non-hydrogen) atoms. The van der Waals surface area contributed by atoms with Gasteiger partial charge in [0, 0.05) is 25.6 Å². The zero-order chi connectivity index (χ0) is 15.3. The zero-order valence-electron chi connectivity index (χ0n) is 14.3. The first-order valence-electron chi connectivity index (χ1n) is 8.24. The lowest BCUT2D eigenvalue weighted by molar-refractivity contribution is -0.134. The van der Waals surface area contributed by atoms with Crippen LogP contribution < -0.4 is 5.32 Å². The molecule has 1 aliphatic heterocycles. The van der Waals surface area contributed by atoms with E-state index in [9.17, 15) is 4.79 Å². The number of rotatable bonds is 5. The number of amides is 1. The number of hydrogen-bond acceptors (Lipinski definition) is 2. The number of nitrogens with one attached hydrogen (secondary N) is 1. The highest BCUT2D eigenvalue weighted by molar-refractivity contribution is 5.76. The molecule has 0 aromatic heterocycles. The second-order valence-corrected chi connectivity index (χ2v) is 7.84. The summed E-state index contributed by atoms with van der Waals surface area (Å²) in [4.78, 5) is 14.5. The maximum absolute atomic E-state index is 12.4. The Kier molecular flexibility index (Phi) is 6.50. The Morgan fingerprint density at radius 2 is 2.05 bits per heavy atom. The highest BCUT2D eigenvalue weighted by atomic mass is 16.2. The van der Waals surface area contributed by atoms with E-state index in [1.807, 2.05) is 0 Å². The topological polar surface area (TPSA) is 32.3 Å². The number of nitrogens with zero attached hydrogens (tertiary/aromatic N) is 1. The molecule has 3 atom stereocenters. The summed E-state index contributed by atoms with van der Waals surface area (Å²) in [5.74, 6) is 1.39. The summed E-state index contributed by atoms with van der Waals surface area (Å²) < 4.78 is 0. The third-order valence-corrected chi connectivity index (χ3v) is 4.21. The Morgan fingerprint density at radius 1 is 1.40 bits per heavy atom. The number of likely N-dealkylation sites (tertiary alicyclic amines) is 1. The molecule has 0 aromatic rings. The van der Waals surface area contributed by atoms with Crippen LogP contribution in [0.15, 0.2) is 0 Å². The van der Waals surface area contributed by atoms with Gasteiger partial charge in [-0.3, -0.25) is 4.79 Å². The van der Waals surface area contributed by atoms with Crippen molar-refractivity contribution in [2.24, 2.45) is 17.3 Å². The predicted octanol–water partition coefficient (Wildman–Crippen LogP) is 3.30. The maximum Gasteiger partial charge on any atom is 0.222 e. The average Bonchev–Trinajstić information content (AvgIpc) is 2.29. The lowest BCUT2D eigenvalue weighted by atomic mass is 9.84. The molecule has 0 bridgehead atoms. The SMILES string of the molecule is CCNC1CCN(C(=O)CC(C)CC(C)(C)C)CC1C. The largest absolute Gasteiger partial charge is 0.342 e. The van der Waals surface area contributed by atoms with Crippen molar-refractivity contribution < 1.29 is 4.79 Å². The Balaban J connectivity index is 2.42. The van der Waals surface area contributed by atoms with Gasteiger partial charge < -0.3 is 10.2 Å². The molecule has 0 radical (unpaired) electrons. The monoisotopic (exact) mass is 282 g/mol. The average molecular weight is 282 g/mol. The van der Waals surface area contributed by atoms with Gasteiger partial charge in [0.2, 0.25) is 5.91 Å². The maximum atomic E-state index is 12.4. The molecule has 1 rings (SSSR count). The summed E-state index contributed by atoms with van der Waals surface area (Å²) in [5, 5.41) is 3.53. The van der Waals surface area contributed by atoms with E-state index < -0.39 is 0 Å². The van der Waals surface area contributed by atoms with Crippen LogP contribution in [0.3, 0.4) is 0 Å². The number of piperidine rings is 1. The molecule has 3 nitrogen and oxygen atoms in total. The summed E-state index contributed by atoms with van der Waals surface area (Å²) >= 11 is 0. The fraction of sp³-hybridized carbons (Fsp3) is 0.941. The molecule has 1 saturated heterocycles. The Bertz CT molecular complexity index is 309. The summed E-state index contributed by atoms with van der Waals surface area (Å²) in [6, 6.07) is 0.580. The fourth-order valence-electron chi connectivity index (χ4n) is 3.48. The van der Waals surface area contributed by atoms with Gasteiger partial charge in [-0.15, -0.1) is 0 Å². The second kappa shape index (κ2) is 7.44. The van der Waals surface area contributed by atoms with E-state index in [2.05, 4.69) is 51.8 Å². The Hall–Kier alpha value is -0.570. The molecule has 118 valence electrons. The summed E-state index contributed by atoms with van der Waals surface area (Å²) in [6.45, 7) is 16.2. The van der Waals surface area contributed by atoms with Crippen LogP contribution >= 0.6 is 0 Å². The van der Waals surface area contributed by atoms with E-state index in [0.717, 1.165) is 32.5 Å². The van der Waals surface area contributed by atoms with E-state index in [1.165, 1.54) is 0 Å². The first-order valence-corrected chi connectivity index (χ1v) is 8.24. The minimum absolute atomic E-state index is 0.311. The molecular formula is C17H34N2O. The minimum Gasteiger partial charge on any atom is -0.342 e. The van der Waals surface area contributed by atoms with E-state index in [1.54, 1.807) is 0 Å². The van der Waals surface area contributed by atoms with Gasteiger partial charge >= 0.3 is 0 Å². The molecule has 3 unspecified atom stereocenters. The standard InChI is InChI=1S/C17H34N2O/c1-7-18-15-8-9-19(12-14(15)3)16(20)10-13(2)11-17(4,5)6/h13-15,18H,7-12H2,1-6H3. The Labute approximate surface area is 125 Å². The van der Waals surface area contributed by atoms with Gasteiger partial charge in [-0.2, -0.15) is 0 Å². The Morgan fingerprint density at radius 3 is 2.55 bits per heavy atom. The summed E-state index contributed by atoms with van der Waals surface area (Å²) in [7, 11) is 0. The van der Waals surface area contributed by atoms with Crippen LogP contribution in [0.4, 0.5) is 0 Å². The van der Waals surface area contributed by atoms with Crippen LogP contribution in [0, 0.1) is 17.3 Å². The molecule has 1 amide bonds. The van der Waals surface area contributed by atoms with Gasteiger partial charge in [0.15, 0.2) is 0 Å². The van der Waals surface area contributed by atoms with Gasteiger partial charge in [-0.1, -0.05) is 41.5 Å². The van der Waals surface area contributed by atoms with Gasteiger partial charge in [-0.25, -0.2) is 0 Å². The van der Waals surface area contributed by atoms with Gasteiger partial charge in [0.1, 0.15) is 0 Å². The lowest BCUT2D eigenvalue weighted by Gasteiger charge is -2.38. The molecule has 1 aliphatic rings. The molecule has 0 saturated carbocycles. The van der Waals surface area contributed by atoms with E-state index in [4.69, 9.17) is 0 Å². The van der Waals surface area contributed by atoms with Crippen molar-refractivity contribution >= 4 is 5.91 Å². The molecule has 0 spiro atoms. The number of carbonyl (C=O) groups is 1. The summed E-state index contributed by atoms with van der Waals surface area (Å²) in [5.41, 5.74) is 0.311. The van der Waals surface area contributed by atoms with Crippen molar-refractivity contribution in [3.8, 4) is 0 Å². The predicted molar refractivity (Wildman–Crippen MR) is 85.7 cm³/mol. The third kappa shape index (κ3) is 5.82. The fourth-order valence-corrected chi connectivity index (χ4v) is 3.48. The van der Waals surface area contributed by atoms with Crippen LogP contribution in [0.2, 0.25) is 0 Å². The van der Waals surface area contributed by atoms with Crippen molar-refractivity contribution in [2.75, 3.05) is 19.6 Å². The number of carbonyl (C=O) groups excluding carboxylic acids is 1. The van der Waals surface area contributed by atoms with Crippen LogP contribution in [0.5, 0.6) is 0 Å². The first kappa shape index (κ1) is 17.5. The van der Waals surface area contributed by atoms with Crippen LogP contribution in [0.25, 0.3) is 0 Å². The molecule has 3 heteroatoms. The number of hydrogen-bond donors (Lipinski definition) is 1. The van der Waals surface area contributed by atoms with Crippen molar-refractivity contribution in [1.29, 1.82) is 0 Å². The summed E-state index contributed by atoms with van der Waals surface area (Å²) in [6.07, 6.45) is 2.91. The normalized spacial score (nSPS) is 25.6. The molecular weight excluding hydrogens is 248 g/mol.